The number of nitrogen functional groups attached to an aromatic ring is 1. The minimum atomic E-state index is -0.478. The molecule has 71 heavy (non-hydrogen) atoms. The first-order chi connectivity index (χ1) is 34.4. The number of rotatable bonds is 15. The average molecular weight is 983 g/mol. The summed E-state index contributed by atoms with van der Waals surface area (Å²) in [6.45, 7) is 3.29. The number of carbonyl (C=O) groups excluding carboxylic acids is 5. The van der Waals surface area contributed by atoms with Gasteiger partial charge in [-0.1, -0.05) is 49.9 Å². The average Bonchev–Trinajstić information content (AvgIpc) is 3.36. The molecule has 2 unspecified atom stereocenters. The fraction of sp³-hybridized carbons (Fsp3) is 0.442. The van der Waals surface area contributed by atoms with E-state index in [2.05, 4.69) is 38.7 Å². The van der Waals surface area contributed by atoms with Gasteiger partial charge >= 0.3 is 0 Å². The summed E-state index contributed by atoms with van der Waals surface area (Å²) >= 11 is 0. The van der Waals surface area contributed by atoms with Crippen molar-refractivity contribution in [2.24, 2.45) is 0 Å². The zero-order chi connectivity index (χ0) is 51.0. The summed E-state index contributed by atoms with van der Waals surface area (Å²) in [6, 6.07) is 21.7. The Morgan fingerprint density at radius 1 is 0.648 bits per heavy atom. The summed E-state index contributed by atoms with van der Waals surface area (Å²) in [5.41, 5.74) is 15.4. The van der Waals surface area contributed by atoms with Crippen LogP contribution in [-0.4, -0.2) is 79.3 Å². The van der Waals surface area contributed by atoms with Crippen LogP contribution in [0.4, 0.5) is 22.7 Å². The number of carbonyl (C=O) groups is 5. The molecule has 2 atom stereocenters. The Bertz CT molecular complexity index is 2400. The molecule has 384 valence electrons. The fourth-order valence-electron chi connectivity index (χ4n) is 8.29. The van der Waals surface area contributed by atoms with Gasteiger partial charge in [0, 0.05) is 19.8 Å². The number of nitrogens with one attached hydrogen (secondary N) is 7. The van der Waals surface area contributed by atoms with Crippen molar-refractivity contribution in [1.82, 2.24) is 21.6 Å². The van der Waals surface area contributed by atoms with Crippen LogP contribution < -0.4 is 62.2 Å². The Hall–Kier alpha value is -6.93. The fourth-order valence-corrected chi connectivity index (χ4v) is 8.29. The lowest BCUT2D eigenvalue weighted by atomic mass is 10.0. The Morgan fingerprint density at radius 2 is 1.11 bits per heavy atom. The molecule has 0 radical (unpaired) electrons. The Morgan fingerprint density at radius 3 is 1.59 bits per heavy atom. The van der Waals surface area contributed by atoms with Gasteiger partial charge in [0.1, 0.15) is 47.6 Å². The molecule has 19 heteroatoms. The maximum atomic E-state index is 13.4. The first-order valence-corrected chi connectivity index (χ1v) is 24.2. The van der Waals surface area contributed by atoms with E-state index in [1.165, 1.54) is 6.92 Å². The lowest BCUT2D eigenvalue weighted by Crippen LogP contribution is -2.41. The van der Waals surface area contributed by atoms with Crippen LogP contribution in [0.1, 0.15) is 106 Å². The summed E-state index contributed by atoms with van der Waals surface area (Å²) in [5, 5.41) is 32.7. The third-order valence-electron chi connectivity index (χ3n) is 11.9. The van der Waals surface area contributed by atoms with Gasteiger partial charge in [-0.25, -0.2) is 11.0 Å². The van der Waals surface area contributed by atoms with Crippen LogP contribution in [0.15, 0.2) is 72.8 Å². The highest BCUT2D eigenvalue weighted by Crippen LogP contribution is 2.35. The second-order valence-electron chi connectivity index (χ2n) is 17.5. The number of para-hydroxylation sites is 2. The van der Waals surface area contributed by atoms with E-state index >= 15 is 0 Å². The van der Waals surface area contributed by atoms with Gasteiger partial charge in [0.15, 0.2) is 0 Å². The predicted octanol–water partition coefficient (Wildman–Crippen LogP) is 6.69. The highest BCUT2D eigenvalue weighted by molar-refractivity contribution is 6.02. The number of unbranched alkanes of at least 4 members (excludes halogenated alkanes) is 4. The molecule has 5 amide bonds. The number of hydrogen-bond donors (Lipinski definition) is 10. The third-order valence-corrected chi connectivity index (χ3v) is 11.9. The highest BCUT2D eigenvalue weighted by Gasteiger charge is 2.24. The van der Waals surface area contributed by atoms with Gasteiger partial charge < -0.3 is 51.3 Å². The molecule has 4 bridgehead atoms. The molecule has 2 aliphatic heterocycles. The molecule has 2 aliphatic rings. The van der Waals surface area contributed by atoms with Crippen molar-refractivity contribution >= 4 is 52.3 Å². The maximum absolute atomic E-state index is 13.4. The van der Waals surface area contributed by atoms with Crippen molar-refractivity contribution in [2.75, 3.05) is 49.0 Å². The zero-order valence-corrected chi connectivity index (χ0v) is 41.0. The molecule has 6 rings (SSSR count). The Labute approximate surface area is 415 Å². The summed E-state index contributed by atoms with van der Waals surface area (Å²) in [4.78, 5) is 60.8. The van der Waals surface area contributed by atoms with Crippen LogP contribution in [0, 0.1) is 0 Å². The lowest BCUT2D eigenvalue weighted by molar-refractivity contribution is -0.130. The molecule has 0 aliphatic carbocycles. The van der Waals surface area contributed by atoms with Crippen molar-refractivity contribution in [3.05, 3.63) is 95.1 Å². The minimum absolute atomic E-state index is 0.173. The van der Waals surface area contributed by atoms with Crippen LogP contribution in [0.25, 0.3) is 0 Å². The standard InChI is InChI=1S/C27H36N4O6.C25H34N4O5/c1-18(32)29-22-10-6-11-24-26(22)30-27(34)23(9-4-3-5-12-25(33)31-35)28-13-7-8-19-14-20(17-37-24)16-21(15-19)36-2;1-33-19-14-17-7-6-12-27-21(9-3-2-4-11-23(30)29-32)25(31)28-24-20(26)8-5-10-22(24)34-16-18(13-17)15-19/h6,10-11,14-16,23,28,35H,3-5,7-9,12-13,17H2,1-2H3,(H,29,32)(H,30,34)(H,31,33);5,8,10,13-15,21,27,32H,2-4,6-7,9,11-12,16,26H2,1H3,(H,28,31)(H,29,30). The summed E-state index contributed by atoms with van der Waals surface area (Å²) < 4.78 is 23.1. The van der Waals surface area contributed by atoms with Crippen molar-refractivity contribution < 1.29 is 53.3 Å². The van der Waals surface area contributed by atoms with Gasteiger partial charge in [0.05, 0.1) is 37.7 Å². The molecule has 4 aromatic carbocycles. The molecular weight excluding hydrogens is 913 g/mol. The van der Waals surface area contributed by atoms with Gasteiger partial charge in [0.25, 0.3) is 0 Å². The first-order valence-electron chi connectivity index (χ1n) is 24.2. The number of hydroxylamine groups is 2. The summed E-state index contributed by atoms with van der Waals surface area (Å²) in [6.07, 6.45) is 9.23. The second-order valence-corrected chi connectivity index (χ2v) is 17.5. The number of anilines is 4. The van der Waals surface area contributed by atoms with Crippen LogP contribution in [0.5, 0.6) is 23.0 Å². The van der Waals surface area contributed by atoms with Crippen LogP contribution in [0.3, 0.4) is 0 Å². The lowest BCUT2D eigenvalue weighted by Gasteiger charge is -2.22. The number of nitrogens with two attached hydrogens (primary N) is 1. The molecule has 0 fully saturated rings. The number of hydrogen-bond acceptors (Lipinski definition) is 14. The topological polar surface area (TPSA) is 273 Å². The van der Waals surface area contributed by atoms with E-state index in [0.29, 0.717) is 79.6 Å². The van der Waals surface area contributed by atoms with Crippen LogP contribution in [-0.2, 0) is 50.0 Å². The monoisotopic (exact) mass is 983 g/mol. The van der Waals surface area contributed by atoms with Gasteiger partial charge in [-0.2, -0.15) is 0 Å². The number of ether oxygens (including phenoxy) is 4. The molecule has 0 spiro atoms. The molecule has 4 aromatic rings. The summed E-state index contributed by atoms with van der Waals surface area (Å²) in [5.74, 6) is 0.994. The van der Waals surface area contributed by atoms with Crippen LogP contribution >= 0.6 is 0 Å². The second kappa shape index (κ2) is 29.3. The Kier molecular flexibility index (Phi) is 22.7. The quantitative estimate of drug-likeness (QED) is 0.0258. The number of aryl methyl sites for hydroxylation is 2. The maximum Gasteiger partial charge on any atom is 0.243 e. The zero-order valence-electron chi connectivity index (χ0n) is 41.0. The van der Waals surface area contributed by atoms with E-state index in [0.717, 1.165) is 85.1 Å². The van der Waals surface area contributed by atoms with Crippen molar-refractivity contribution in [3.63, 3.8) is 0 Å². The van der Waals surface area contributed by atoms with Crippen molar-refractivity contribution in [3.8, 4) is 23.0 Å². The Balaban J connectivity index is 0.000000265. The summed E-state index contributed by atoms with van der Waals surface area (Å²) in [7, 11) is 3.28. The van der Waals surface area contributed by atoms with E-state index < -0.39 is 23.9 Å². The number of amides is 5. The predicted molar refractivity (Wildman–Crippen MR) is 270 cm³/mol. The molecule has 0 saturated carbocycles. The van der Waals surface area contributed by atoms with E-state index in [-0.39, 0.29) is 37.2 Å². The SMILES string of the molecule is COc1cc2cc(c1)COc1cccc(N)c1NC(=O)C(CCCCCC(=O)NO)NCCC2.COc1cc2cc(c1)COc1cccc(NC(C)=O)c1NC(=O)C(CCCCCC(=O)NO)NCCC2. The number of benzene rings is 4. The van der Waals surface area contributed by atoms with Gasteiger partial charge in [0.2, 0.25) is 29.5 Å². The molecule has 0 saturated heterocycles. The normalized spacial score (nSPS) is 16.1. The van der Waals surface area contributed by atoms with Gasteiger partial charge in [-0.15, -0.1) is 0 Å². The third kappa shape index (κ3) is 18.4. The highest BCUT2D eigenvalue weighted by atomic mass is 16.5. The van der Waals surface area contributed by atoms with Crippen molar-refractivity contribution in [1.29, 1.82) is 0 Å². The molecule has 0 aromatic heterocycles. The van der Waals surface area contributed by atoms with Crippen molar-refractivity contribution in [2.45, 2.75) is 122 Å². The number of fused-ring (bicyclic) bond motifs is 6. The van der Waals surface area contributed by atoms with E-state index in [9.17, 15) is 24.0 Å². The van der Waals surface area contributed by atoms with Crippen LogP contribution in [0.2, 0.25) is 0 Å². The molecule has 19 nitrogen and oxygen atoms in total. The number of methoxy groups -OCH3 is 2. The largest absolute Gasteiger partial charge is 0.497 e. The smallest absolute Gasteiger partial charge is 0.243 e. The van der Waals surface area contributed by atoms with E-state index in [4.69, 9.17) is 35.1 Å². The van der Waals surface area contributed by atoms with Gasteiger partial charge in [-0.3, -0.25) is 34.4 Å². The van der Waals surface area contributed by atoms with E-state index in [1.807, 2.05) is 24.3 Å². The first kappa shape index (κ1) is 55.0. The molecular formula is C52H70N8O11. The van der Waals surface area contributed by atoms with Gasteiger partial charge in [-0.05, 0) is 135 Å². The minimum Gasteiger partial charge on any atom is -0.497 e. The van der Waals surface area contributed by atoms with E-state index in [1.54, 1.807) is 61.6 Å². The molecule has 2 heterocycles. The molecule has 11 N–H and O–H groups in total.